The highest BCUT2D eigenvalue weighted by Crippen LogP contribution is 2.38. The van der Waals surface area contributed by atoms with Gasteiger partial charge in [-0.2, -0.15) is 0 Å². The van der Waals surface area contributed by atoms with E-state index in [1.165, 1.54) is 18.2 Å². The molecule has 4 rings (SSSR count). The Balaban J connectivity index is 1.67. The summed E-state index contributed by atoms with van der Waals surface area (Å²) in [7, 11) is 0. The number of benzene rings is 2. The van der Waals surface area contributed by atoms with Crippen LogP contribution in [0.15, 0.2) is 47.4 Å². The minimum atomic E-state index is -0.621. The summed E-state index contributed by atoms with van der Waals surface area (Å²) in [6.45, 7) is 0.155. The number of thioether (sulfide) groups is 1. The SMILES string of the molecule is O=C1S/C(=C\c2ccc3c(c2)OCO3)C(=O)N1c1ccccc1F. The number of hydrogen-bond acceptors (Lipinski definition) is 5. The summed E-state index contributed by atoms with van der Waals surface area (Å²) in [6, 6.07) is 10.9. The van der Waals surface area contributed by atoms with Crippen LogP contribution in [0, 0.1) is 5.82 Å². The monoisotopic (exact) mass is 343 g/mol. The van der Waals surface area contributed by atoms with Crippen molar-refractivity contribution in [3.05, 3.63) is 58.8 Å². The lowest BCUT2D eigenvalue weighted by atomic mass is 10.2. The smallest absolute Gasteiger partial charge is 0.298 e. The Bertz CT molecular complexity index is 896. The summed E-state index contributed by atoms with van der Waals surface area (Å²) >= 11 is 0.773. The molecule has 0 radical (unpaired) electrons. The molecule has 0 atom stereocenters. The Morgan fingerprint density at radius 1 is 1.08 bits per heavy atom. The van der Waals surface area contributed by atoms with E-state index in [-0.39, 0.29) is 17.4 Å². The molecular weight excluding hydrogens is 333 g/mol. The van der Waals surface area contributed by atoms with Gasteiger partial charge in [0.25, 0.3) is 11.1 Å². The van der Waals surface area contributed by atoms with Crippen LogP contribution in [0.2, 0.25) is 0 Å². The van der Waals surface area contributed by atoms with Crippen LogP contribution >= 0.6 is 11.8 Å². The Morgan fingerprint density at radius 2 is 1.88 bits per heavy atom. The van der Waals surface area contributed by atoms with E-state index in [0.29, 0.717) is 17.1 Å². The van der Waals surface area contributed by atoms with Crippen LogP contribution in [0.1, 0.15) is 5.56 Å². The second kappa shape index (κ2) is 5.68. The zero-order valence-electron chi connectivity index (χ0n) is 12.2. The maximum Gasteiger partial charge on any atom is 0.298 e. The normalized spacial score (nSPS) is 17.9. The van der Waals surface area contributed by atoms with Crippen LogP contribution in [0.3, 0.4) is 0 Å². The summed E-state index contributed by atoms with van der Waals surface area (Å²) < 4.78 is 24.4. The van der Waals surface area contributed by atoms with Crippen LogP contribution in [0.4, 0.5) is 14.9 Å². The van der Waals surface area contributed by atoms with Crippen LogP contribution in [-0.2, 0) is 4.79 Å². The topological polar surface area (TPSA) is 55.8 Å². The van der Waals surface area contributed by atoms with Crippen molar-refractivity contribution in [2.75, 3.05) is 11.7 Å². The zero-order valence-corrected chi connectivity index (χ0v) is 13.0. The molecule has 2 aliphatic rings. The molecule has 0 aliphatic carbocycles. The second-order valence-electron chi connectivity index (χ2n) is 5.08. The molecule has 0 N–H and O–H groups in total. The molecular formula is C17H10FNO4S. The number of imide groups is 1. The summed E-state index contributed by atoms with van der Waals surface area (Å²) in [6.07, 6.45) is 1.58. The fourth-order valence-electron chi connectivity index (χ4n) is 2.46. The lowest BCUT2D eigenvalue weighted by molar-refractivity contribution is -0.113. The van der Waals surface area contributed by atoms with Crippen molar-refractivity contribution in [1.29, 1.82) is 0 Å². The van der Waals surface area contributed by atoms with Gasteiger partial charge in [0.15, 0.2) is 11.5 Å². The molecule has 5 nitrogen and oxygen atoms in total. The van der Waals surface area contributed by atoms with Gasteiger partial charge in [-0.15, -0.1) is 0 Å². The minimum absolute atomic E-state index is 0.0471. The van der Waals surface area contributed by atoms with Gasteiger partial charge in [0.2, 0.25) is 6.79 Å². The summed E-state index contributed by atoms with van der Waals surface area (Å²) in [5.74, 6) is 0.0422. The summed E-state index contributed by atoms with van der Waals surface area (Å²) in [4.78, 5) is 25.7. The largest absolute Gasteiger partial charge is 0.454 e. The van der Waals surface area contributed by atoms with E-state index < -0.39 is 17.0 Å². The van der Waals surface area contributed by atoms with Gasteiger partial charge in [0, 0.05) is 0 Å². The number of carbonyl (C=O) groups excluding carboxylic acids is 2. The van der Waals surface area contributed by atoms with Crippen molar-refractivity contribution in [2.24, 2.45) is 0 Å². The predicted molar refractivity (Wildman–Crippen MR) is 87.4 cm³/mol. The summed E-state index contributed by atoms with van der Waals surface area (Å²) in [5.41, 5.74) is 0.646. The van der Waals surface area contributed by atoms with Gasteiger partial charge in [0.05, 0.1) is 10.6 Å². The standard InChI is InChI=1S/C17H10FNO4S/c18-11-3-1-2-4-12(11)19-16(20)15(24-17(19)21)8-10-5-6-13-14(7-10)23-9-22-13/h1-8H,9H2/b15-8-. The number of fused-ring (bicyclic) bond motifs is 1. The second-order valence-corrected chi connectivity index (χ2v) is 6.07. The van der Waals surface area contributed by atoms with E-state index in [9.17, 15) is 14.0 Å². The Kier molecular flexibility index (Phi) is 3.50. The summed E-state index contributed by atoms with van der Waals surface area (Å²) in [5, 5.41) is -0.530. The molecule has 24 heavy (non-hydrogen) atoms. The van der Waals surface area contributed by atoms with Gasteiger partial charge in [0.1, 0.15) is 5.82 Å². The maximum atomic E-state index is 13.9. The van der Waals surface area contributed by atoms with Gasteiger partial charge in [-0.25, -0.2) is 9.29 Å². The number of hydrogen-bond donors (Lipinski definition) is 0. The number of anilines is 1. The number of nitrogens with zero attached hydrogens (tertiary/aromatic N) is 1. The molecule has 0 bridgehead atoms. The Labute approximate surface area is 140 Å². The molecule has 120 valence electrons. The fourth-order valence-corrected chi connectivity index (χ4v) is 3.30. The molecule has 1 saturated heterocycles. The first kappa shape index (κ1) is 14.8. The van der Waals surface area contributed by atoms with Crippen LogP contribution < -0.4 is 14.4 Å². The van der Waals surface area contributed by atoms with E-state index in [1.807, 2.05) is 0 Å². The molecule has 7 heteroatoms. The first-order valence-electron chi connectivity index (χ1n) is 7.05. The highest BCUT2D eigenvalue weighted by atomic mass is 32.2. The number of halogens is 1. The van der Waals surface area contributed by atoms with Gasteiger partial charge < -0.3 is 9.47 Å². The van der Waals surface area contributed by atoms with Crippen molar-refractivity contribution in [3.63, 3.8) is 0 Å². The number of carbonyl (C=O) groups is 2. The zero-order chi connectivity index (χ0) is 16.7. The van der Waals surface area contributed by atoms with Crippen LogP contribution in [-0.4, -0.2) is 17.9 Å². The van der Waals surface area contributed by atoms with Gasteiger partial charge in [-0.3, -0.25) is 9.59 Å². The van der Waals surface area contributed by atoms with E-state index in [1.54, 1.807) is 30.3 Å². The van der Waals surface area contributed by atoms with Crippen molar-refractivity contribution in [1.82, 2.24) is 0 Å². The van der Waals surface area contributed by atoms with E-state index in [4.69, 9.17) is 9.47 Å². The van der Waals surface area contributed by atoms with Crippen LogP contribution in [0.25, 0.3) is 6.08 Å². The number of rotatable bonds is 2. The third-order valence-corrected chi connectivity index (χ3v) is 4.45. The molecule has 0 saturated carbocycles. The van der Waals surface area contributed by atoms with E-state index in [0.717, 1.165) is 16.7 Å². The molecule has 2 amide bonds. The molecule has 0 unspecified atom stereocenters. The van der Waals surface area contributed by atoms with Gasteiger partial charge in [-0.05, 0) is 47.7 Å². The van der Waals surface area contributed by atoms with Crippen molar-refractivity contribution in [2.45, 2.75) is 0 Å². The molecule has 0 aromatic heterocycles. The molecule has 2 aromatic rings. The van der Waals surface area contributed by atoms with Crippen LogP contribution in [0.5, 0.6) is 11.5 Å². The van der Waals surface area contributed by atoms with Crippen molar-refractivity contribution in [3.8, 4) is 11.5 Å². The fraction of sp³-hybridized carbons (Fsp3) is 0.0588. The van der Waals surface area contributed by atoms with Crippen molar-refractivity contribution < 1.29 is 23.5 Å². The number of para-hydroxylation sites is 1. The first-order chi connectivity index (χ1) is 11.6. The quantitative estimate of drug-likeness (QED) is 0.777. The predicted octanol–water partition coefficient (Wildman–Crippen LogP) is 3.80. The molecule has 1 fully saturated rings. The lowest BCUT2D eigenvalue weighted by Crippen LogP contribution is -2.28. The molecule has 0 spiro atoms. The highest BCUT2D eigenvalue weighted by Gasteiger charge is 2.37. The minimum Gasteiger partial charge on any atom is -0.454 e. The van der Waals surface area contributed by atoms with Gasteiger partial charge in [-0.1, -0.05) is 18.2 Å². The molecule has 2 aliphatic heterocycles. The first-order valence-corrected chi connectivity index (χ1v) is 7.87. The third-order valence-electron chi connectivity index (χ3n) is 3.58. The van der Waals surface area contributed by atoms with E-state index >= 15 is 0 Å². The molecule has 2 aromatic carbocycles. The Hall–Kier alpha value is -2.80. The average molecular weight is 343 g/mol. The van der Waals surface area contributed by atoms with Gasteiger partial charge >= 0.3 is 0 Å². The lowest BCUT2D eigenvalue weighted by Gasteiger charge is -2.12. The van der Waals surface area contributed by atoms with Crippen molar-refractivity contribution >= 4 is 34.7 Å². The van der Waals surface area contributed by atoms with E-state index in [2.05, 4.69) is 0 Å². The Morgan fingerprint density at radius 3 is 2.71 bits per heavy atom. The average Bonchev–Trinajstić information content (AvgIpc) is 3.13. The number of amides is 2. The highest BCUT2D eigenvalue weighted by molar-refractivity contribution is 8.19. The maximum absolute atomic E-state index is 13.9. The number of ether oxygens (including phenoxy) is 2. The third kappa shape index (κ3) is 2.43. The molecule has 2 heterocycles.